The molecular formula is C19H23N3O3. The minimum absolute atomic E-state index is 0.0523. The van der Waals surface area contributed by atoms with Gasteiger partial charge in [0, 0.05) is 25.1 Å². The van der Waals surface area contributed by atoms with Crippen molar-refractivity contribution < 1.29 is 14.4 Å². The SMILES string of the molecule is O=C(O)CCCN1C[C@H]2CCC[C@@]2(c2nc(-c3ccccc3)no2)C1. The van der Waals surface area contributed by atoms with Gasteiger partial charge in [-0.1, -0.05) is 41.9 Å². The van der Waals surface area contributed by atoms with Crippen LogP contribution in [0.25, 0.3) is 11.4 Å². The number of hydrogen-bond donors (Lipinski definition) is 1. The van der Waals surface area contributed by atoms with Crippen LogP contribution in [0.1, 0.15) is 38.0 Å². The van der Waals surface area contributed by atoms with Crippen molar-refractivity contribution in [2.24, 2.45) is 5.92 Å². The van der Waals surface area contributed by atoms with Gasteiger partial charge in [0.15, 0.2) is 0 Å². The maximum Gasteiger partial charge on any atom is 0.303 e. The van der Waals surface area contributed by atoms with Crippen LogP contribution in [0, 0.1) is 5.92 Å². The first-order valence-corrected chi connectivity index (χ1v) is 9.01. The summed E-state index contributed by atoms with van der Waals surface area (Å²) in [6.45, 7) is 2.72. The quantitative estimate of drug-likeness (QED) is 0.870. The predicted octanol–water partition coefficient (Wildman–Crippen LogP) is 2.95. The van der Waals surface area contributed by atoms with Crippen LogP contribution in [0.2, 0.25) is 0 Å². The monoisotopic (exact) mass is 341 g/mol. The average Bonchev–Trinajstić information content (AvgIpc) is 3.29. The Bertz CT molecular complexity index is 745. The summed E-state index contributed by atoms with van der Waals surface area (Å²) in [6.07, 6.45) is 4.36. The smallest absolute Gasteiger partial charge is 0.303 e. The molecule has 6 nitrogen and oxygen atoms in total. The lowest BCUT2D eigenvalue weighted by Gasteiger charge is -2.24. The lowest BCUT2D eigenvalue weighted by Crippen LogP contribution is -2.32. The molecule has 2 aliphatic rings. The molecule has 4 rings (SSSR count). The Morgan fingerprint density at radius 2 is 2.20 bits per heavy atom. The van der Waals surface area contributed by atoms with Crippen LogP contribution >= 0.6 is 0 Å². The molecule has 0 amide bonds. The number of nitrogens with zero attached hydrogens (tertiary/aromatic N) is 3. The third-order valence-corrected chi connectivity index (χ3v) is 5.69. The van der Waals surface area contributed by atoms with Crippen molar-refractivity contribution in [3.8, 4) is 11.4 Å². The van der Waals surface area contributed by atoms with Crippen LogP contribution in [-0.4, -0.2) is 45.8 Å². The largest absolute Gasteiger partial charge is 0.481 e. The highest BCUT2D eigenvalue weighted by Crippen LogP contribution is 2.50. The van der Waals surface area contributed by atoms with E-state index in [1.807, 2.05) is 30.3 Å². The summed E-state index contributed by atoms with van der Waals surface area (Å²) in [6, 6.07) is 9.91. The molecule has 2 fully saturated rings. The van der Waals surface area contributed by atoms with Crippen molar-refractivity contribution in [3.05, 3.63) is 36.2 Å². The number of benzene rings is 1. The molecule has 2 aromatic rings. The Morgan fingerprint density at radius 1 is 1.36 bits per heavy atom. The molecule has 1 aromatic carbocycles. The van der Waals surface area contributed by atoms with Crippen molar-refractivity contribution in [1.29, 1.82) is 0 Å². The van der Waals surface area contributed by atoms with Gasteiger partial charge in [0.1, 0.15) is 0 Å². The minimum Gasteiger partial charge on any atom is -0.481 e. The third kappa shape index (κ3) is 3.06. The molecule has 1 N–H and O–H groups in total. The second-order valence-electron chi connectivity index (χ2n) is 7.27. The molecule has 132 valence electrons. The molecule has 0 spiro atoms. The van der Waals surface area contributed by atoms with Crippen molar-refractivity contribution in [1.82, 2.24) is 15.0 Å². The number of carbonyl (C=O) groups is 1. The van der Waals surface area contributed by atoms with E-state index >= 15 is 0 Å². The summed E-state index contributed by atoms with van der Waals surface area (Å²) < 4.78 is 5.72. The maximum absolute atomic E-state index is 10.7. The molecule has 0 bridgehead atoms. The van der Waals surface area contributed by atoms with E-state index in [0.29, 0.717) is 18.2 Å². The molecule has 1 saturated carbocycles. The van der Waals surface area contributed by atoms with Crippen molar-refractivity contribution >= 4 is 5.97 Å². The van der Waals surface area contributed by atoms with E-state index in [-0.39, 0.29) is 11.8 Å². The van der Waals surface area contributed by atoms with Gasteiger partial charge in [0.25, 0.3) is 0 Å². The number of carboxylic acids is 1. The highest BCUT2D eigenvalue weighted by Gasteiger charge is 2.53. The minimum atomic E-state index is -0.724. The molecule has 1 aliphatic heterocycles. The van der Waals surface area contributed by atoms with E-state index in [1.165, 1.54) is 12.8 Å². The highest BCUT2D eigenvalue weighted by atomic mass is 16.5. The average molecular weight is 341 g/mol. The number of fused-ring (bicyclic) bond motifs is 1. The Hall–Kier alpha value is -2.21. The Kier molecular flexibility index (Phi) is 4.29. The third-order valence-electron chi connectivity index (χ3n) is 5.69. The van der Waals surface area contributed by atoms with E-state index in [1.54, 1.807) is 0 Å². The predicted molar refractivity (Wildman–Crippen MR) is 92.1 cm³/mol. The van der Waals surface area contributed by atoms with Crippen molar-refractivity contribution in [3.63, 3.8) is 0 Å². The fourth-order valence-corrected chi connectivity index (χ4v) is 4.50. The van der Waals surface area contributed by atoms with Gasteiger partial charge in [-0.05, 0) is 31.7 Å². The van der Waals surface area contributed by atoms with E-state index in [2.05, 4.69) is 10.1 Å². The molecule has 1 aromatic heterocycles. The zero-order chi connectivity index (χ0) is 17.3. The summed E-state index contributed by atoms with van der Waals surface area (Å²) in [5, 5.41) is 13.1. The first-order valence-electron chi connectivity index (χ1n) is 9.01. The van der Waals surface area contributed by atoms with Crippen LogP contribution in [-0.2, 0) is 10.2 Å². The van der Waals surface area contributed by atoms with E-state index in [4.69, 9.17) is 14.6 Å². The fraction of sp³-hybridized carbons (Fsp3) is 0.526. The second kappa shape index (κ2) is 6.59. The van der Waals surface area contributed by atoms with Gasteiger partial charge in [-0.3, -0.25) is 4.79 Å². The number of hydrogen-bond acceptors (Lipinski definition) is 5. The summed E-state index contributed by atoms with van der Waals surface area (Å²) in [5.41, 5.74) is 0.920. The van der Waals surface area contributed by atoms with Crippen molar-refractivity contribution in [2.75, 3.05) is 19.6 Å². The van der Waals surface area contributed by atoms with Crippen LogP contribution in [0.5, 0.6) is 0 Å². The van der Waals surface area contributed by atoms with E-state index < -0.39 is 5.97 Å². The lowest BCUT2D eigenvalue weighted by atomic mass is 9.80. The zero-order valence-electron chi connectivity index (χ0n) is 14.2. The zero-order valence-corrected chi connectivity index (χ0v) is 14.2. The first kappa shape index (κ1) is 16.3. The van der Waals surface area contributed by atoms with Gasteiger partial charge in [0.05, 0.1) is 5.41 Å². The van der Waals surface area contributed by atoms with Crippen molar-refractivity contribution in [2.45, 2.75) is 37.5 Å². The number of rotatable bonds is 6. The van der Waals surface area contributed by atoms with Gasteiger partial charge in [-0.15, -0.1) is 0 Å². The van der Waals surface area contributed by atoms with E-state index in [0.717, 1.165) is 37.5 Å². The Balaban J connectivity index is 1.52. The molecule has 25 heavy (non-hydrogen) atoms. The maximum atomic E-state index is 10.7. The summed E-state index contributed by atoms with van der Waals surface area (Å²) >= 11 is 0. The van der Waals surface area contributed by atoms with Crippen LogP contribution < -0.4 is 0 Å². The number of carboxylic acid groups (broad SMARTS) is 1. The molecule has 0 unspecified atom stereocenters. The number of aliphatic carboxylic acids is 1. The Morgan fingerprint density at radius 3 is 3.00 bits per heavy atom. The first-order chi connectivity index (χ1) is 12.2. The van der Waals surface area contributed by atoms with Crippen LogP contribution in [0.4, 0.5) is 0 Å². The van der Waals surface area contributed by atoms with Gasteiger partial charge >= 0.3 is 5.97 Å². The summed E-state index contributed by atoms with van der Waals surface area (Å²) in [7, 11) is 0. The Labute approximate surface area is 146 Å². The van der Waals surface area contributed by atoms with Gasteiger partial charge in [0.2, 0.25) is 11.7 Å². The van der Waals surface area contributed by atoms with E-state index in [9.17, 15) is 4.79 Å². The summed E-state index contributed by atoms with van der Waals surface area (Å²) in [5.74, 6) is 1.22. The van der Waals surface area contributed by atoms with Gasteiger partial charge in [-0.25, -0.2) is 0 Å². The molecule has 1 aliphatic carbocycles. The van der Waals surface area contributed by atoms with Crippen LogP contribution in [0.3, 0.4) is 0 Å². The summed E-state index contributed by atoms with van der Waals surface area (Å²) in [4.78, 5) is 17.9. The van der Waals surface area contributed by atoms with Gasteiger partial charge < -0.3 is 14.5 Å². The molecular weight excluding hydrogens is 318 g/mol. The fourth-order valence-electron chi connectivity index (χ4n) is 4.50. The standard InChI is InChI=1S/C19H23N3O3/c23-16(24)9-5-11-22-12-15-8-4-10-19(15,13-22)18-20-17(21-25-18)14-6-2-1-3-7-14/h1-3,6-7,15H,4-5,8-13H2,(H,23,24)/t15-,19-/m1/s1. The number of aromatic nitrogens is 2. The van der Waals surface area contributed by atoms with Crippen LogP contribution in [0.15, 0.2) is 34.9 Å². The molecule has 2 atom stereocenters. The normalized spacial score (nSPS) is 26.0. The molecule has 0 radical (unpaired) electrons. The second-order valence-corrected chi connectivity index (χ2v) is 7.27. The number of likely N-dealkylation sites (tertiary alicyclic amines) is 1. The highest BCUT2D eigenvalue weighted by molar-refractivity contribution is 5.66. The van der Waals surface area contributed by atoms with Gasteiger partial charge in [-0.2, -0.15) is 4.98 Å². The topological polar surface area (TPSA) is 79.5 Å². The molecule has 1 saturated heterocycles. The molecule has 2 heterocycles. The lowest BCUT2D eigenvalue weighted by molar-refractivity contribution is -0.137. The molecule has 6 heteroatoms.